The van der Waals surface area contributed by atoms with Crippen molar-refractivity contribution in [1.29, 1.82) is 0 Å². The first-order chi connectivity index (χ1) is 11.4. The molecule has 0 aliphatic heterocycles. The maximum absolute atomic E-state index is 13.5. The number of carbonyl (C=O) groups is 2. The molecule has 4 nitrogen and oxygen atoms in total. The van der Waals surface area contributed by atoms with Crippen LogP contribution in [-0.2, 0) is 4.79 Å². The molecule has 126 valence electrons. The Hall–Kier alpha value is -2.83. The van der Waals surface area contributed by atoms with Crippen molar-refractivity contribution in [2.45, 2.75) is 6.92 Å². The number of amides is 2. The highest BCUT2D eigenvalue weighted by Crippen LogP contribution is 2.18. The first kappa shape index (κ1) is 17.5. The van der Waals surface area contributed by atoms with Crippen molar-refractivity contribution in [3.05, 3.63) is 65.5 Å². The van der Waals surface area contributed by atoms with Gasteiger partial charge in [-0.25, -0.2) is 13.2 Å². The molecule has 0 bridgehead atoms. The number of halogens is 3. The van der Waals surface area contributed by atoms with E-state index in [1.54, 1.807) is 0 Å². The van der Waals surface area contributed by atoms with Crippen molar-refractivity contribution >= 4 is 17.5 Å². The summed E-state index contributed by atoms with van der Waals surface area (Å²) in [4.78, 5) is 24.8. The average molecular weight is 336 g/mol. The van der Waals surface area contributed by atoms with Gasteiger partial charge in [0.2, 0.25) is 5.91 Å². The molecule has 0 heterocycles. The van der Waals surface area contributed by atoms with E-state index in [1.165, 1.54) is 36.1 Å². The van der Waals surface area contributed by atoms with Crippen molar-refractivity contribution in [2.75, 3.05) is 18.0 Å². The molecular weight excluding hydrogens is 321 g/mol. The van der Waals surface area contributed by atoms with Crippen LogP contribution in [0.1, 0.15) is 17.3 Å². The highest BCUT2D eigenvalue weighted by Gasteiger charge is 2.15. The molecule has 24 heavy (non-hydrogen) atoms. The summed E-state index contributed by atoms with van der Waals surface area (Å²) in [5.74, 6) is -3.77. The maximum Gasteiger partial charge on any atom is 0.254 e. The molecule has 0 saturated carbocycles. The van der Waals surface area contributed by atoms with E-state index >= 15 is 0 Å². The Balaban J connectivity index is 2.02. The Morgan fingerprint density at radius 1 is 1.00 bits per heavy atom. The summed E-state index contributed by atoms with van der Waals surface area (Å²) in [5, 5.41) is 2.48. The van der Waals surface area contributed by atoms with Crippen molar-refractivity contribution in [3.8, 4) is 0 Å². The third kappa shape index (κ3) is 4.13. The van der Waals surface area contributed by atoms with Gasteiger partial charge in [0.15, 0.2) is 11.6 Å². The van der Waals surface area contributed by atoms with Gasteiger partial charge >= 0.3 is 0 Å². The van der Waals surface area contributed by atoms with Gasteiger partial charge in [-0.1, -0.05) is 12.1 Å². The summed E-state index contributed by atoms with van der Waals surface area (Å²) < 4.78 is 39.8. The van der Waals surface area contributed by atoms with Crippen molar-refractivity contribution in [1.82, 2.24) is 5.32 Å². The second kappa shape index (κ2) is 7.63. The summed E-state index contributed by atoms with van der Waals surface area (Å²) in [6, 6.07) is 8.57. The molecule has 0 spiro atoms. The van der Waals surface area contributed by atoms with Gasteiger partial charge in [-0.15, -0.1) is 0 Å². The standard InChI is InChI=1S/C17H15F3N2O2/c1-11(23)22(12-6-7-15(19)16(20)10-12)9-8-21-17(24)13-4-2-3-5-14(13)18/h2-7,10H,8-9H2,1H3,(H,21,24). The van der Waals surface area contributed by atoms with Crippen molar-refractivity contribution in [3.63, 3.8) is 0 Å². The lowest BCUT2D eigenvalue weighted by molar-refractivity contribution is -0.116. The van der Waals surface area contributed by atoms with Gasteiger partial charge in [-0.2, -0.15) is 0 Å². The summed E-state index contributed by atoms with van der Waals surface area (Å²) >= 11 is 0. The number of nitrogens with one attached hydrogen (secondary N) is 1. The van der Waals surface area contributed by atoms with Crippen LogP contribution >= 0.6 is 0 Å². The van der Waals surface area contributed by atoms with Gasteiger partial charge in [0.25, 0.3) is 5.91 Å². The van der Waals surface area contributed by atoms with Gasteiger partial charge in [0.1, 0.15) is 5.82 Å². The monoisotopic (exact) mass is 336 g/mol. The highest BCUT2D eigenvalue weighted by atomic mass is 19.2. The van der Waals surface area contributed by atoms with Crippen LogP contribution in [0.3, 0.4) is 0 Å². The van der Waals surface area contributed by atoms with Gasteiger partial charge < -0.3 is 10.2 Å². The van der Waals surface area contributed by atoms with E-state index in [-0.39, 0.29) is 24.3 Å². The fourth-order valence-electron chi connectivity index (χ4n) is 2.14. The Morgan fingerprint density at radius 2 is 1.71 bits per heavy atom. The molecule has 0 atom stereocenters. The molecule has 0 saturated heterocycles. The number of hydrogen-bond acceptors (Lipinski definition) is 2. The molecule has 0 aliphatic carbocycles. The number of rotatable bonds is 5. The Morgan fingerprint density at radius 3 is 2.33 bits per heavy atom. The second-order valence-electron chi connectivity index (χ2n) is 5.00. The third-order valence-corrected chi connectivity index (χ3v) is 3.33. The predicted octanol–water partition coefficient (Wildman–Crippen LogP) is 2.89. The van der Waals surface area contributed by atoms with E-state index in [2.05, 4.69) is 5.32 Å². The molecule has 0 fully saturated rings. The molecule has 1 N–H and O–H groups in total. The van der Waals surface area contributed by atoms with Crippen LogP contribution in [0.2, 0.25) is 0 Å². The molecule has 2 aromatic carbocycles. The normalized spacial score (nSPS) is 10.3. The van der Waals surface area contributed by atoms with Crippen LogP contribution in [-0.4, -0.2) is 24.9 Å². The zero-order chi connectivity index (χ0) is 17.7. The fourth-order valence-corrected chi connectivity index (χ4v) is 2.14. The first-order valence-electron chi connectivity index (χ1n) is 7.16. The molecule has 0 unspecified atom stereocenters. The average Bonchev–Trinajstić information content (AvgIpc) is 2.54. The maximum atomic E-state index is 13.5. The summed E-state index contributed by atoms with van der Waals surface area (Å²) in [5.41, 5.74) is 0.0567. The summed E-state index contributed by atoms with van der Waals surface area (Å²) in [7, 11) is 0. The van der Waals surface area contributed by atoms with Gasteiger partial charge in [0, 0.05) is 31.8 Å². The Kier molecular flexibility index (Phi) is 5.57. The van der Waals surface area contributed by atoms with Crippen LogP contribution < -0.4 is 10.2 Å². The molecule has 2 amide bonds. The topological polar surface area (TPSA) is 49.4 Å². The zero-order valence-electron chi connectivity index (χ0n) is 12.9. The summed E-state index contributed by atoms with van der Waals surface area (Å²) in [6.45, 7) is 1.31. The minimum Gasteiger partial charge on any atom is -0.350 e. The quantitative estimate of drug-likeness (QED) is 0.913. The van der Waals surface area contributed by atoms with Crippen LogP contribution in [0, 0.1) is 17.5 Å². The first-order valence-corrected chi connectivity index (χ1v) is 7.16. The van der Waals surface area contributed by atoms with Crippen molar-refractivity contribution < 1.29 is 22.8 Å². The van der Waals surface area contributed by atoms with E-state index in [4.69, 9.17) is 0 Å². The summed E-state index contributed by atoms with van der Waals surface area (Å²) in [6.07, 6.45) is 0. The minimum absolute atomic E-state index is 0.0196. The lowest BCUT2D eigenvalue weighted by atomic mass is 10.2. The van der Waals surface area contributed by atoms with E-state index < -0.39 is 29.3 Å². The Bertz CT molecular complexity index is 765. The zero-order valence-corrected chi connectivity index (χ0v) is 12.9. The van der Waals surface area contributed by atoms with Crippen molar-refractivity contribution in [2.24, 2.45) is 0 Å². The number of nitrogens with zero attached hydrogens (tertiary/aromatic N) is 1. The second-order valence-corrected chi connectivity index (χ2v) is 5.00. The van der Waals surface area contributed by atoms with E-state index in [0.717, 1.165) is 18.2 Å². The molecule has 0 radical (unpaired) electrons. The molecule has 0 aliphatic rings. The van der Waals surface area contributed by atoms with Gasteiger partial charge in [-0.05, 0) is 24.3 Å². The van der Waals surface area contributed by atoms with Crippen LogP contribution in [0.25, 0.3) is 0 Å². The Labute approximate surface area is 136 Å². The SMILES string of the molecule is CC(=O)N(CCNC(=O)c1ccccc1F)c1ccc(F)c(F)c1. The van der Waals surface area contributed by atoms with Crippen LogP contribution in [0.5, 0.6) is 0 Å². The number of benzene rings is 2. The lowest BCUT2D eigenvalue weighted by Crippen LogP contribution is -2.37. The van der Waals surface area contributed by atoms with Gasteiger partial charge in [0.05, 0.1) is 5.56 Å². The van der Waals surface area contributed by atoms with Gasteiger partial charge in [-0.3, -0.25) is 9.59 Å². The number of anilines is 1. The molecular formula is C17H15F3N2O2. The third-order valence-electron chi connectivity index (χ3n) is 3.33. The number of hydrogen-bond donors (Lipinski definition) is 1. The van der Waals surface area contributed by atoms with E-state index in [9.17, 15) is 22.8 Å². The minimum atomic E-state index is -1.07. The molecule has 7 heteroatoms. The predicted molar refractivity (Wildman–Crippen MR) is 83.1 cm³/mol. The lowest BCUT2D eigenvalue weighted by Gasteiger charge is -2.21. The highest BCUT2D eigenvalue weighted by molar-refractivity contribution is 5.95. The molecule has 0 aromatic heterocycles. The largest absolute Gasteiger partial charge is 0.350 e. The van der Waals surface area contributed by atoms with Crippen LogP contribution in [0.4, 0.5) is 18.9 Å². The molecule has 2 aromatic rings. The fraction of sp³-hybridized carbons (Fsp3) is 0.176. The number of carbonyl (C=O) groups excluding carboxylic acids is 2. The molecule has 2 rings (SSSR count). The van der Waals surface area contributed by atoms with E-state index in [0.29, 0.717) is 0 Å². The van der Waals surface area contributed by atoms with E-state index in [1.807, 2.05) is 0 Å². The smallest absolute Gasteiger partial charge is 0.254 e. The van der Waals surface area contributed by atoms with Crippen LogP contribution in [0.15, 0.2) is 42.5 Å².